The van der Waals surface area contributed by atoms with Crippen LogP contribution in [-0.4, -0.2) is 50.1 Å². The molecule has 1 aromatic carbocycles. The lowest BCUT2D eigenvalue weighted by Crippen LogP contribution is -2.49. The van der Waals surface area contributed by atoms with Crippen LogP contribution < -0.4 is 10.6 Å². The van der Waals surface area contributed by atoms with Gasteiger partial charge in [0.05, 0.1) is 0 Å². The Labute approximate surface area is 141 Å². The van der Waals surface area contributed by atoms with Gasteiger partial charge in [-0.1, -0.05) is 36.8 Å². The van der Waals surface area contributed by atoms with E-state index in [9.17, 15) is 0 Å². The molecule has 23 heavy (non-hydrogen) atoms. The first-order valence-electron chi connectivity index (χ1n) is 8.96. The molecule has 0 aromatic heterocycles. The number of aryl methyl sites for hydroxylation is 1. The minimum Gasteiger partial charge on any atom is -0.356 e. The molecule has 2 rings (SSSR count). The largest absolute Gasteiger partial charge is 0.356 e. The van der Waals surface area contributed by atoms with Crippen molar-refractivity contribution in [1.29, 1.82) is 0 Å². The molecule has 0 aliphatic carbocycles. The molecule has 0 radical (unpaired) electrons. The molecule has 4 heteroatoms. The van der Waals surface area contributed by atoms with E-state index in [4.69, 9.17) is 0 Å². The maximum atomic E-state index is 4.36. The van der Waals surface area contributed by atoms with E-state index in [1.54, 1.807) is 0 Å². The van der Waals surface area contributed by atoms with Crippen LogP contribution in [0, 0.1) is 6.92 Å². The van der Waals surface area contributed by atoms with Crippen LogP contribution in [0.1, 0.15) is 37.3 Å². The zero-order valence-electron chi connectivity index (χ0n) is 14.9. The fraction of sp³-hybridized carbons (Fsp3) is 0.632. The number of nitrogens with one attached hydrogen (secondary N) is 2. The third-order valence-corrected chi connectivity index (χ3v) is 4.52. The van der Waals surface area contributed by atoms with Crippen molar-refractivity contribution < 1.29 is 0 Å². The van der Waals surface area contributed by atoms with E-state index in [1.165, 1.54) is 50.0 Å². The third kappa shape index (κ3) is 6.22. The van der Waals surface area contributed by atoms with Gasteiger partial charge < -0.3 is 15.5 Å². The predicted molar refractivity (Wildman–Crippen MR) is 99.1 cm³/mol. The first kappa shape index (κ1) is 17.8. The minimum absolute atomic E-state index is 0.550. The summed E-state index contributed by atoms with van der Waals surface area (Å²) < 4.78 is 0. The lowest BCUT2D eigenvalue weighted by Gasteiger charge is -2.32. The average Bonchev–Trinajstić information content (AvgIpc) is 2.57. The highest BCUT2D eigenvalue weighted by atomic mass is 15.2. The standard InChI is InChI=1S/C19H32N4/c1-4-13-23-14-10-18(11-15-23)22-19(20-3)21-12-9-17-7-5-16(2)6-8-17/h5-8,18H,4,9-15H2,1-3H3,(H2,20,21,22). The highest BCUT2D eigenvalue weighted by Gasteiger charge is 2.19. The molecule has 1 heterocycles. The molecule has 0 unspecified atom stereocenters. The maximum Gasteiger partial charge on any atom is 0.191 e. The molecule has 4 nitrogen and oxygen atoms in total. The number of nitrogens with zero attached hydrogens (tertiary/aromatic N) is 2. The molecule has 0 atom stereocenters. The summed E-state index contributed by atoms with van der Waals surface area (Å²) in [5.41, 5.74) is 2.68. The molecule has 1 aromatic rings. The highest BCUT2D eigenvalue weighted by molar-refractivity contribution is 5.79. The van der Waals surface area contributed by atoms with Gasteiger partial charge in [0, 0.05) is 32.7 Å². The fourth-order valence-electron chi connectivity index (χ4n) is 3.09. The Balaban J connectivity index is 1.68. The van der Waals surface area contributed by atoms with Crippen LogP contribution in [0.4, 0.5) is 0 Å². The second kappa shape index (κ2) is 9.56. The summed E-state index contributed by atoms with van der Waals surface area (Å²) in [7, 11) is 1.85. The Hall–Kier alpha value is -1.55. The third-order valence-electron chi connectivity index (χ3n) is 4.52. The second-order valence-corrected chi connectivity index (χ2v) is 6.49. The minimum atomic E-state index is 0.550. The Morgan fingerprint density at radius 2 is 1.91 bits per heavy atom. The van der Waals surface area contributed by atoms with E-state index in [1.807, 2.05) is 7.05 Å². The number of likely N-dealkylation sites (tertiary alicyclic amines) is 1. The molecule has 1 aliphatic heterocycles. The molecule has 1 saturated heterocycles. The molecular formula is C19H32N4. The summed E-state index contributed by atoms with van der Waals surface area (Å²) in [6.45, 7) is 8.93. The summed E-state index contributed by atoms with van der Waals surface area (Å²) in [6.07, 6.45) is 4.69. The van der Waals surface area contributed by atoms with Crippen LogP contribution in [0.2, 0.25) is 0 Å². The van der Waals surface area contributed by atoms with Gasteiger partial charge in [-0.05, 0) is 44.7 Å². The van der Waals surface area contributed by atoms with Crippen LogP contribution >= 0.6 is 0 Å². The number of guanidine groups is 1. The van der Waals surface area contributed by atoms with Crippen LogP contribution in [0.5, 0.6) is 0 Å². The Bertz CT molecular complexity index is 473. The topological polar surface area (TPSA) is 39.7 Å². The lowest BCUT2D eigenvalue weighted by atomic mass is 10.1. The van der Waals surface area contributed by atoms with Crippen LogP contribution in [0.3, 0.4) is 0 Å². The van der Waals surface area contributed by atoms with Gasteiger partial charge >= 0.3 is 0 Å². The Morgan fingerprint density at radius 1 is 1.22 bits per heavy atom. The van der Waals surface area contributed by atoms with Crippen molar-refractivity contribution in [2.24, 2.45) is 4.99 Å². The van der Waals surface area contributed by atoms with E-state index >= 15 is 0 Å². The molecule has 0 bridgehead atoms. The van der Waals surface area contributed by atoms with Crippen molar-refractivity contribution in [3.8, 4) is 0 Å². The quantitative estimate of drug-likeness (QED) is 0.626. The zero-order valence-corrected chi connectivity index (χ0v) is 14.9. The number of rotatable bonds is 6. The molecular weight excluding hydrogens is 284 g/mol. The maximum absolute atomic E-state index is 4.36. The van der Waals surface area contributed by atoms with Gasteiger partial charge in [0.25, 0.3) is 0 Å². The van der Waals surface area contributed by atoms with Gasteiger partial charge in [0.2, 0.25) is 0 Å². The Morgan fingerprint density at radius 3 is 2.52 bits per heavy atom. The van der Waals surface area contributed by atoms with Gasteiger partial charge in [-0.2, -0.15) is 0 Å². The van der Waals surface area contributed by atoms with Crippen molar-refractivity contribution in [3.63, 3.8) is 0 Å². The van der Waals surface area contributed by atoms with E-state index in [2.05, 4.69) is 58.6 Å². The summed E-state index contributed by atoms with van der Waals surface area (Å²) in [6, 6.07) is 9.31. The number of benzene rings is 1. The summed E-state index contributed by atoms with van der Waals surface area (Å²) in [5.74, 6) is 0.936. The smallest absolute Gasteiger partial charge is 0.191 e. The SMILES string of the molecule is CCCN1CCC(NC(=NC)NCCc2ccc(C)cc2)CC1. The van der Waals surface area contributed by atoms with Crippen LogP contribution in [0.15, 0.2) is 29.3 Å². The second-order valence-electron chi connectivity index (χ2n) is 6.49. The van der Waals surface area contributed by atoms with E-state index < -0.39 is 0 Å². The van der Waals surface area contributed by atoms with Crippen molar-refractivity contribution in [2.75, 3.05) is 33.2 Å². The van der Waals surface area contributed by atoms with Crippen LogP contribution in [0.25, 0.3) is 0 Å². The van der Waals surface area contributed by atoms with Gasteiger partial charge in [-0.25, -0.2) is 0 Å². The van der Waals surface area contributed by atoms with E-state index in [-0.39, 0.29) is 0 Å². The van der Waals surface area contributed by atoms with Gasteiger partial charge in [-0.15, -0.1) is 0 Å². The van der Waals surface area contributed by atoms with E-state index in [0.717, 1.165) is 18.9 Å². The molecule has 0 spiro atoms. The average molecular weight is 316 g/mol. The summed E-state index contributed by atoms with van der Waals surface area (Å²) in [5, 5.41) is 7.02. The monoisotopic (exact) mass is 316 g/mol. The Kier molecular flexibility index (Phi) is 7.40. The molecule has 0 saturated carbocycles. The van der Waals surface area contributed by atoms with Crippen LogP contribution in [-0.2, 0) is 6.42 Å². The molecule has 1 fully saturated rings. The highest BCUT2D eigenvalue weighted by Crippen LogP contribution is 2.10. The number of hydrogen-bond donors (Lipinski definition) is 2. The lowest BCUT2D eigenvalue weighted by molar-refractivity contribution is 0.206. The molecule has 1 aliphatic rings. The molecule has 2 N–H and O–H groups in total. The fourth-order valence-corrected chi connectivity index (χ4v) is 3.09. The van der Waals surface area contributed by atoms with Gasteiger partial charge in [-0.3, -0.25) is 4.99 Å². The molecule has 128 valence electrons. The zero-order chi connectivity index (χ0) is 16.5. The number of piperidine rings is 1. The normalized spacial score (nSPS) is 17.3. The summed E-state index contributed by atoms with van der Waals surface area (Å²) >= 11 is 0. The number of hydrogen-bond acceptors (Lipinski definition) is 2. The van der Waals surface area contributed by atoms with Gasteiger partial charge in [0.1, 0.15) is 0 Å². The first-order chi connectivity index (χ1) is 11.2. The van der Waals surface area contributed by atoms with Crippen molar-refractivity contribution >= 4 is 5.96 Å². The van der Waals surface area contributed by atoms with E-state index in [0.29, 0.717) is 6.04 Å². The summed E-state index contributed by atoms with van der Waals surface area (Å²) in [4.78, 5) is 6.92. The van der Waals surface area contributed by atoms with Crippen molar-refractivity contribution in [3.05, 3.63) is 35.4 Å². The van der Waals surface area contributed by atoms with Gasteiger partial charge in [0.15, 0.2) is 5.96 Å². The van der Waals surface area contributed by atoms with Crippen molar-refractivity contribution in [2.45, 2.75) is 45.6 Å². The predicted octanol–water partition coefficient (Wildman–Crippen LogP) is 2.58. The van der Waals surface area contributed by atoms with Crippen molar-refractivity contribution in [1.82, 2.24) is 15.5 Å². The molecule has 0 amide bonds. The first-order valence-corrected chi connectivity index (χ1v) is 8.96. The number of aliphatic imine (C=N–C) groups is 1.